The predicted octanol–water partition coefficient (Wildman–Crippen LogP) is 6.33. The fraction of sp³-hybridized carbons (Fsp3) is 0.308. The lowest BCUT2D eigenvalue weighted by Gasteiger charge is -1.99. The van der Waals surface area contributed by atoms with Crippen molar-refractivity contribution >= 4 is 0 Å². The lowest BCUT2D eigenvalue weighted by Crippen LogP contribution is -1.84. The van der Waals surface area contributed by atoms with Crippen molar-refractivity contribution in [2.75, 3.05) is 0 Å². The molecule has 0 aliphatic rings. The summed E-state index contributed by atoms with van der Waals surface area (Å²) in [4.78, 5) is 0. The van der Waals surface area contributed by atoms with Crippen LogP contribution < -0.4 is 0 Å². The van der Waals surface area contributed by atoms with Crippen LogP contribution >= 0.6 is 0 Å². The monoisotopic (exact) mass is 340 g/mol. The fourth-order valence-electron chi connectivity index (χ4n) is 2.60. The number of benzene rings is 2. The zero-order valence-corrected chi connectivity index (χ0v) is 16.0. The SMILES string of the molecule is CCCCc1ccc(C#CC=CC#Cc2ccc(CCCC)cc2)cc1. The van der Waals surface area contributed by atoms with E-state index in [-0.39, 0.29) is 0 Å². The first kappa shape index (κ1) is 19.6. The van der Waals surface area contributed by atoms with Crippen molar-refractivity contribution in [3.8, 4) is 23.7 Å². The Balaban J connectivity index is 1.84. The van der Waals surface area contributed by atoms with E-state index in [1.807, 2.05) is 12.2 Å². The molecule has 0 saturated heterocycles. The summed E-state index contributed by atoms with van der Waals surface area (Å²) in [6, 6.07) is 17.1. The van der Waals surface area contributed by atoms with Crippen LogP contribution in [0.2, 0.25) is 0 Å². The van der Waals surface area contributed by atoms with Gasteiger partial charge >= 0.3 is 0 Å². The van der Waals surface area contributed by atoms with E-state index in [0.29, 0.717) is 0 Å². The molecule has 0 nitrogen and oxygen atoms in total. The van der Waals surface area contributed by atoms with Crippen LogP contribution in [0.25, 0.3) is 0 Å². The minimum absolute atomic E-state index is 1.05. The highest BCUT2D eigenvalue weighted by Crippen LogP contribution is 2.08. The average molecular weight is 341 g/mol. The molecule has 0 heteroatoms. The average Bonchev–Trinajstić information content (AvgIpc) is 2.69. The third kappa shape index (κ3) is 7.46. The van der Waals surface area contributed by atoms with Crippen LogP contribution in [-0.2, 0) is 12.8 Å². The first-order chi connectivity index (χ1) is 12.8. The van der Waals surface area contributed by atoms with Gasteiger partial charge in [-0.15, -0.1) is 0 Å². The van der Waals surface area contributed by atoms with Crippen LogP contribution in [0.15, 0.2) is 60.7 Å². The molecule has 0 atom stereocenters. The Morgan fingerprint density at radius 3 is 1.35 bits per heavy atom. The number of hydrogen-bond donors (Lipinski definition) is 0. The standard InChI is InChI=1S/C26H28/c1-3-5-11-23-15-19-25(20-16-23)13-9-7-8-10-14-26-21-17-24(18-22-26)12-6-4-2/h7-8,15-22H,3-6,11-12H2,1-2H3. The van der Waals surface area contributed by atoms with Gasteiger partial charge in [0.15, 0.2) is 0 Å². The molecule has 0 unspecified atom stereocenters. The first-order valence-electron chi connectivity index (χ1n) is 9.67. The van der Waals surface area contributed by atoms with E-state index in [0.717, 1.165) is 24.0 Å². The molecule has 0 bridgehead atoms. The molecule has 0 heterocycles. The third-order valence-electron chi connectivity index (χ3n) is 4.23. The molecule has 0 saturated carbocycles. The Morgan fingerprint density at radius 2 is 1.00 bits per heavy atom. The summed E-state index contributed by atoms with van der Waals surface area (Å²) in [5.41, 5.74) is 4.87. The van der Waals surface area contributed by atoms with Crippen LogP contribution in [-0.4, -0.2) is 0 Å². The third-order valence-corrected chi connectivity index (χ3v) is 4.23. The Hall–Kier alpha value is -2.70. The second-order valence-electron chi connectivity index (χ2n) is 6.47. The Morgan fingerprint density at radius 1 is 0.615 bits per heavy atom. The minimum Gasteiger partial charge on any atom is -0.0689 e. The second-order valence-corrected chi connectivity index (χ2v) is 6.47. The second kappa shape index (κ2) is 11.8. The van der Waals surface area contributed by atoms with Crippen molar-refractivity contribution in [3.05, 3.63) is 82.9 Å². The zero-order chi connectivity index (χ0) is 18.5. The van der Waals surface area contributed by atoms with Crippen molar-refractivity contribution in [2.45, 2.75) is 52.4 Å². The number of aryl methyl sites for hydroxylation is 2. The van der Waals surface area contributed by atoms with Crippen molar-refractivity contribution in [1.82, 2.24) is 0 Å². The molecule has 0 aromatic heterocycles. The smallest absolute Gasteiger partial charge is 0.0249 e. The van der Waals surface area contributed by atoms with Gasteiger partial charge in [0.2, 0.25) is 0 Å². The summed E-state index contributed by atoms with van der Waals surface area (Å²) in [5.74, 6) is 12.4. The number of unbranched alkanes of at least 4 members (excludes halogenated alkanes) is 2. The van der Waals surface area contributed by atoms with Crippen molar-refractivity contribution in [2.24, 2.45) is 0 Å². The maximum Gasteiger partial charge on any atom is 0.0249 e. The minimum atomic E-state index is 1.05. The van der Waals surface area contributed by atoms with Crippen LogP contribution in [0.3, 0.4) is 0 Å². The molecule has 2 aromatic carbocycles. The van der Waals surface area contributed by atoms with Gasteiger partial charge in [-0.2, -0.15) is 0 Å². The largest absolute Gasteiger partial charge is 0.0689 e. The lowest BCUT2D eigenvalue weighted by atomic mass is 10.1. The van der Waals surface area contributed by atoms with Crippen LogP contribution in [0, 0.1) is 23.7 Å². The molecular weight excluding hydrogens is 312 g/mol. The Labute approximate surface area is 159 Å². The van der Waals surface area contributed by atoms with E-state index in [1.54, 1.807) is 0 Å². The molecule has 0 N–H and O–H groups in total. The predicted molar refractivity (Wildman–Crippen MR) is 113 cm³/mol. The molecule has 0 spiro atoms. The Bertz CT molecular complexity index is 725. The van der Waals surface area contributed by atoms with Gasteiger partial charge in [-0.05, 0) is 73.2 Å². The van der Waals surface area contributed by atoms with E-state index in [2.05, 4.69) is 86.1 Å². The summed E-state index contributed by atoms with van der Waals surface area (Å²) >= 11 is 0. The normalized spacial score (nSPS) is 10.1. The summed E-state index contributed by atoms with van der Waals surface area (Å²) in [5, 5.41) is 0. The molecule has 0 radical (unpaired) electrons. The number of allylic oxidation sites excluding steroid dienone is 2. The highest BCUT2D eigenvalue weighted by molar-refractivity contribution is 5.42. The maximum atomic E-state index is 3.15. The molecule has 0 aliphatic carbocycles. The van der Waals surface area contributed by atoms with E-state index in [1.165, 1.54) is 36.8 Å². The number of hydrogen-bond acceptors (Lipinski definition) is 0. The number of rotatable bonds is 6. The highest BCUT2D eigenvalue weighted by Gasteiger charge is 1.92. The summed E-state index contributed by atoms with van der Waals surface area (Å²) < 4.78 is 0. The van der Waals surface area contributed by atoms with Gasteiger partial charge in [-0.1, -0.05) is 74.6 Å². The van der Waals surface area contributed by atoms with Crippen LogP contribution in [0.1, 0.15) is 61.8 Å². The van der Waals surface area contributed by atoms with Gasteiger partial charge < -0.3 is 0 Å². The first-order valence-corrected chi connectivity index (χ1v) is 9.67. The van der Waals surface area contributed by atoms with Crippen molar-refractivity contribution < 1.29 is 0 Å². The molecule has 132 valence electrons. The maximum absolute atomic E-state index is 3.15. The topological polar surface area (TPSA) is 0 Å². The van der Waals surface area contributed by atoms with Crippen LogP contribution in [0.4, 0.5) is 0 Å². The molecular formula is C26H28. The molecule has 0 aliphatic heterocycles. The zero-order valence-electron chi connectivity index (χ0n) is 16.0. The fourth-order valence-corrected chi connectivity index (χ4v) is 2.60. The van der Waals surface area contributed by atoms with Crippen molar-refractivity contribution in [1.29, 1.82) is 0 Å². The summed E-state index contributed by atoms with van der Waals surface area (Å²) in [6.45, 7) is 4.44. The highest BCUT2D eigenvalue weighted by atomic mass is 14.0. The van der Waals surface area contributed by atoms with Gasteiger partial charge in [0, 0.05) is 11.1 Å². The van der Waals surface area contributed by atoms with E-state index in [4.69, 9.17) is 0 Å². The molecule has 0 fully saturated rings. The molecule has 26 heavy (non-hydrogen) atoms. The van der Waals surface area contributed by atoms with Gasteiger partial charge in [-0.25, -0.2) is 0 Å². The van der Waals surface area contributed by atoms with E-state index in [9.17, 15) is 0 Å². The molecule has 2 aromatic rings. The summed E-state index contributed by atoms with van der Waals surface area (Å²) in [7, 11) is 0. The van der Waals surface area contributed by atoms with Crippen molar-refractivity contribution in [3.63, 3.8) is 0 Å². The van der Waals surface area contributed by atoms with Gasteiger partial charge in [0.05, 0.1) is 0 Å². The van der Waals surface area contributed by atoms with Gasteiger partial charge in [0.25, 0.3) is 0 Å². The summed E-state index contributed by atoms with van der Waals surface area (Å²) in [6.07, 6.45) is 10.9. The lowest BCUT2D eigenvalue weighted by molar-refractivity contribution is 0.795. The van der Waals surface area contributed by atoms with E-state index < -0.39 is 0 Å². The van der Waals surface area contributed by atoms with Gasteiger partial charge in [0.1, 0.15) is 0 Å². The molecule has 0 amide bonds. The molecule has 2 rings (SSSR count). The van der Waals surface area contributed by atoms with Crippen LogP contribution in [0.5, 0.6) is 0 Å². The quantitative estimate of drug-likeness (QED) is 0.539. The van der Waals surface area contributed by atoms with Gasteiger partial charge in [-0.3, -0.25) is 0 Å². The Kier molecular flexibility index (Phi) is 8.89. The van der Waals surface area contributed by atoms with E-state index >= 15 is 0 Å².